The van der Waals surface area contributed by atoms with Crippen molar-refractivity contribution in [3.05, 3.63) is 12.2 Å². The minimum absolute atomic E-state index is 0.0394. The lowest BCUT2D eigenvalue weighted by Crippen LogP contribution is -2.45. The van der Waals surface area contributed by atoms with Gasteiger partial charge in [-0.25, -0.2) is 0 Å². The van der Waals surface area contributed by atoms with Crippen molar-refractivity contribution in [2.75, 3.05) is 21.3 Å². The topological polar surface area (TPSA) is 154 Å². The maximum Gasteiger partial charge on any atom is 0.306 e. The van der Waals surface area contributed by atoms with Crippen molar-refractivity contribution in [2.24, 2.45) is 17.8 Å². The van der Waals surface area contributed by atoms with Crippen LogP contribution in [0.3, 0.4) is 0 Å². The Hall–Kier alpha value is -1.83. The molecule has 2 aliphatic heterocycles. The van der Waals surface area contributed by atoms with E-state index in [0.717, 1.165) is 6.42 Å². The molecule has 2 N–H and O–H groups in total. The molecule has 0 unspecified atom stereocenters. The van der Waals surface area contributed by atoms with Crippen molar-refractivity contribution in [2.45, 2.75) is 120 Å². The first-order valence-corrected chi connectivity index (χ1v) is 17.7. The van der Waals surface area contributed by atoms with Crippen LogP contribution in [0.15, 0.2) is 12.2 Å². The summed E-state index contributed by atoms with van der Waals surface area (Å²) in [5.74, 6) is -0.600. The van der Waals surface area contributed by atoms with Crippen LogP contribution in [0.4, 0.5) is 0 Å². The number of epoxide rings is 2. The van der Waals surface area contributed by atoms with Gasteiger partial charge in [0.1, 0.15) is 0 Å². The van der Waals surface area contributed by atoms with Gasteiger partial charge in [0.2, 0.25) is 0 Å². The van der Waals surface area contributed by atoms with Crippen molar-refractivity contribution in [3.8, 4) is 0 Å². The molecular formula is C30H50O11Si. The minimum atomic E-state index is -1.79. The molecule has 0 bridgehead atoms. The Morgan fingerprint density at radius 2 is 1.31 bits per heavy atom. The first-order valence-electron chi connectivity index (χ1n) is 14.8. The number of fused-ring (bicyclic) bond motifs is 2. The van der Waals surface area contributed by atoms with Crippen LogP contribution < -0.4 is 0 Å². The van der Waals surface area contributed by atoms with Gasteiger partial charge in [0.15, 0.2) is 8.32 Å². The third kappa shape index (κ3) is 9.09. The molecule has 12 heteroatoms. The number of carbonyl (C=O) groups excluding carboxylic acids is 3. The van der Waals surface area contributed by atoms with Gasteiger partial charge in [0, 0.05) is 30.6 Å². The van der Waals surface area contributed by atoms with Crippen molar-refractivity contribution in [1.82, 2.24) is 0 Å². The molecule has 42 heavy (non-hydrogen) atoms. The zero-order valence-electron chi connectivity index (χ0n) is 26.2. The van der Waals surface area contributed by atoms with E-state index in [-0.39, 0.29) is 84.1 Å². The first kappa shape index (κ1) is 34.7. The van der Waals surface area contributed by atoms with Crippen LogP contribution >= 0.6 is 0 Å². The number of carbonyl (C=O) groups is 3. The van der Waals surface area contributed by atoms with E-state index in [2.05, 4.69) is 43.3 Å². The summed E-state index contributed by atoms with van der Waals surface area (Å²) in [7, 11) is 2.36. The monoisotopic (exact) mass is 614 g/mol. The molecule has 0 spiro atoms. The number of hydrogen-bond donors (Lipinski definition) is 2. The smallest absolute Gasteiger partial charge is 0.306 e. The van der Waals surface area contributed by atoms with Gasteiger partial charge in [0.25, 0.3) is 0 Å². The van der Waals surface area contributed by atoms with Gasteiger partial charge in [-0.15, -0.1) is 0 Å². The first-order chi connectivity index (χ1) is 19.6. The molecule has 5 rings (SSSR count). The molecule has 2 saturated carbocycles. The highest BCUT2D eigenvalue weighted by molar-refractivity contribution is 6.74. The van der Waals surface area contributed by atoms with Gasteiger partial charge in [-0.2, -0.15) is 0 Å². The van der Waals surface area contributed by atoms with Gasteiger partial charge < -0.3 is 38.3 Å². The molecule has 240 valence electrons. The lowest BCUT2D eigenvalue weighted by atomic mass is 10.0. The number of methoxy groups -OCH3 is 3. The third-order valence-electron chi connectivity index (χ3n) is 9.40. The van der Waals surface area contributed by atoms with Gasteiger partial charge >= 0.3 is 17.9 Å². The number of esters is 3. The summed E-state index contributed by atoms with van der Waals surface area (Å²) < 4.78 is 31.0. The molecule has 0 aromatic heterocycles. The molecule has 0 amide bonds. The van der Waals surface area contributed by atoms with E-state index >= 15 is 0 Å². The van der Waals surface area contributed by atoms with E-state index < -0.39 is 14.4 Å². The molecule has 11 nitrogen and oxygen atoms in total. The molecule has 2 saturated heterocycles. The quantitative estimate of drug-likeness (QED) is 0.136. The second kappa shape index (κ2) is 14.3. The number of rotatable bonds is 8. The Balaban J connectivity index is 0.000000182. The van der Waals surface area contributed by atoms with Crippen LogP contribution in [-0.2, 0) is 42.5 Å². The van der Waals surface area contributed by atoms with E-state index in [1.807, 2.05) is 12.2 Å². The Kier molecular flexibility index (Phi) is 11.8. The standard InChI is InChI=1S/C14H26O4Si.C8H12O4.C8H12O3/c1-14(2,3)19(5,6)18-10-8-11-13(17-11)9(10)7-12(15)16-4;1-11-7(10)2-4-5(9)3-6-8(4)12-6;1-11-8(10)5-6-3-2-4-7(6)9/h9-11,13H,7-8H2,1-6H3;4-6,8-9H,2-3H2,1H3;2-3,6-7,9H,4-5H2,1H3/t9-,10+,11-,13+;4-,5+,6-,8+;6-,7+/m000/s1. The summed E-state index contributed by atoms with van der Waals surface area (Å²) in [6.07, 6.45) is 7.20. The number of aliphatic hydroxyl groups excluding tert-OH is 2. The fourth-order valence-corrected chi connectivity index (χ4v) is 6.99. The maximum absolute atomic E-state index is 11.5. The van der Waals surface area contributed by atoms with Gasteiger partial charge in [-0.05, 0) is 24.6 Å². The van der Waals surface area contributed by atoms with Crippen molar-refractivity contribution < 1.29 is 52.7 Å². The van der Waals surface area contributed by atoms with Gasteiger partial charge in [-0.1, -0.05) is 32.9 Å². The minimum Gasteiger partial charge on any atom is -0.469 e. The largest absolute Gasteiger partial charge is 0.469 e. The van der Waals surface area contributed by atoms with Crippen LogP contribution in [0.5, 0.6) is 0 Å². The average Bonchev–Trinajstić information content (AvgIpc) is 3.76. The fraction of sp³-hybridized carbons (Fsp3) is 0.833. The molecule has 4 fully saturated rings. The van der Waals surface area contributed by atoms with Crippen molar-refractivity contribution in [1.29, 1.82) is 0 Å². The summed E-state index contributed by atoms with van der Waals surface area (Å²) >= 11 is 0. The SMILES string of the molecule is COC(=O)C[C@@H]1C=CC[C@H]1O.COC(=O)C[C@@H]1[C@H]2O[C@H]2C[C@H]1O.COC(=O)C[C@@H]1[C@H]2O[C@H]2C[C@H]1O[Si](C)(C)C(C)(C)C. The zero-order chi connectivity index (χ0) is 31.4. The lowest BCUT2D eigenvalue weighted by Gasteiger charge is -2.40. The molecular weight excluding hydrogens is 564 g/mol. The van der Waals surface area contributed by atoms with Crippen LogP contribution in [0, 0.1) is 17.8 Å². The predicted octanol–water partition coefficient (Wildman–Crippen LogP) is 2.91. The van der Waals surface area contributed by atoms with Crippen LogP contribution in [-0.4, -0.2) is 100 Å². The average molecular weight is 615 g/mol. The number of ether oxygens (including phenoxy) is 5. The molecule has 3 aliphatic carbocycles. The summed E-state index contributed by atoms with van der Waals surface area (Å²) in [6, 6.07) is 0. The van der Waals surface area contributed by atoms with Crippen molar-refractivity contribution in [3.63, 3.8) is 0 Å². The lowest BCUT2D eigenvalue weighted by molar-refractivity contribution is -0.143. The number of aliphatic hydroxyl groups is 2. The van der Waals surface area contributed by atoms with E-state index in [1.54, 1.807) is 0 Å². The predicted molar refractivity (Wildman–Crippen MR) is 155 cm³/mol. The van der Waals surface area contributed by atoms with Crippen molar-refractivity contribution >= 4 is 26.2 Å². The summed E-state index contributed by atoms with van der Waals surface area (Å²) in [6.45, 7) is 11.2. The molecule has 10 atom stereocenters. The summed E-state index contributed by atoms with van der Waals surface area (Å²) in [5.41, 5.74) is 0. The normalized spacial score (nSPS) is 35.5. The van der Waals surface area contributed by atoms with E-state index in [1.165, 1.54) is 21.3 Å². The zero-order valence-corrected chi connectivity index (χ0v) is 27.2. The molecule has 2 heterocycles. The Morgan fingerprint density at radius 3 is 1.76 bits per heavy atom. The Bertz CT molecular complexity index is 975. The van der Waals surface area contributed by atoms with E-state index in [0.29, 0.717) is 25.4 Å². The van der Waals surface area contributed by atoms with Crippen LogP contribution in [0.1, 0.15) is 59.3 Å². The number of hydrogen-bond acceptors (Lipinski definition) is 11. The Morgan fingerprint density at radius 1 is 0.810 bits per heavy atom. The highest BCUT2D eigenvalue weighted by Crippen LogP contribution is 2.49. The van der Waals surface area contributed by atoms with E-state index in [9.17, 15) is 24.6 Å². The summed E-state index contributed by atoms with van der Waals surface area (Å²) in [4.78, 5) is 33.2. The molecule has 5 aliphatic rings. The van der Waals surface area contributed by atoms with Gasteiger partial charge in [0.05, 0.1) is 83.3 Å². The van der Waals surface area contributed by atoms with E-state index in [4.69, 9.17) is 18.6 Å². The Labute approximate surface area is 250 Å². The molecule has 0 aromatic carbocycles. The van der Waals surface area contributed by atoms with Gasteiger partial charge in [-0.3, -0.25) is 14.4 Å². The third-order valence-corrected chi connectivity index (χ3v) is 13.9. The second-order valence-corrected chi connectivity index (χ2v) is 18.1. The summed E-state index contributed by atoms with van der Waals surface area (Å²) in [5, 5.41) is 18.9. The second-order valence-electron chi connectivity index (χ2n) is 13.3. The van der Waals surface area contributed by atoms with Crippen LogP contribution in [0.2, 0.25) is 18.1 Å². The van der Waals surface area contributed by atoms with Crippen LogP contribution in [0.25, 0.3) is 0 Å². The molecule has 0 radical (unpaired) electrons. The maximum atomic E-state index is 11.5. The molecule has 0 aromatic rings. The fourth-order valence-electron chi connectivity index (χ4n) is 5.61. The highest BCUT2D eigenvalue weighted by Gasteiger charge is 2.58. The highest BCUT2D eigenvalue weighted by atomic mass is 28.4.